The van der Waals surface area contributed by atoms with E-state index >= 15 is 0 Å². The largest absolute Gasteiger partial charge is 0.280 e. The normalized spacial score (nSPS) is 15.8. The van der Waals surface area contributed by atoms with Crippen LogP contribution < -0.4 is 0 Å². The summed E-state index contributed by atoms with van der Waals surface area (Å²) in [7, 11) is 0. The number of aliphatic imine (C=N–C) groups is 2. The van der Waals surface area contributed by atoms with Crippen LogP contribution in [0.5, 0.6) is 0 Å². The average Bonchev–Trinajstić information content (AvgIpc) is 2.87. The van der Waals surface area contributed by atoms with Crippen LogP contribution in [-0.4, -0.2) is 19.5 Å². The Morgan fingerprint density at radius 3 is 2.03 bits per heavy atom. The lowest BCUT2D eigenvalue weighted by Gasteiger charge is -2.24. The van der Waals surface area contributed by atoms with E-state index in [1.165, 1.54) is 22.8 Å². The molecule has 0 heterocycles. The zero-order chi connectivity index (χ0) is 28.2. The van der Waals surface area contributed by atoms with Gasteiger partial charge in [0.25, 0.3) is 6.43 Å². The summed E-state index contributed by atoms with van der Waals surface area (Å²) in [6, 6.07) is 0. The number of nitrogens with zero attached hydrogens (tertiary/aromatic N) is 2. The highest BCUT2D eigenvalue weighted by Gasteiger charge is 2.19. The second-order valence-electron chi connectivity index (χ2n) is 9.64. The number of halogens is 3. The minimum Gasteiger partial charge on any atom is -0.253 e. The molecule has 1 unspecified atom stereocenters. The van der Waals surface area contributed by atoms with Gasteiger partial charge in [-0.3, -0.25) is 4.99 Å². The quantitative estimate of drug-likeness (QED) is 0.0919. The SMILES string of the molecule is C=N/C=N\C(=C/C/C(C)=C(CCC)\C(CCC)=C(/C)C(CCC)CC/C(F)=C\C(=C/CC)CC)C(F)F. The molecule has 0 aromatic heterocycles. The molecule has 0 amide bonds. The van der Waals surface area contributed by atoms with Crippen LogP contribution in [0.3, 0.4) is 0 Å². The molecule has 0 aliphatic rings. The molecule has 0 saturated heterocycles. The fourth-order valence-electron chi connectivity index (χ4n) is 4.72. The van der Waals surface area contributed by atoms with Gasteiger partial charge in [-0.25, -0.2) is 18.2 Å². The average molecular weight is 521 g/mol. The highest BCUT2D eigenvalue weighted by molar-refractivity contribution is 5.63. The van der Waals surface area contributed by atoms with Crippen molar-refractivity contribution in [3.63, 3.8) is 0 Å². The summed E-state index contributed by atoms with van der Waals surface area (Å²) in [5, 5.41) is 0. The minimum absolute atomic E-state index is 0.0489. The third-order valence-electron chi connectivity index (χ3n) is 6.68. The molecule has 0 aromatic rings. The molecule has 0 radical (unpaired) electrons. The standard InChI is InChI=1S/C32H51F3N2/c1-9-14-26(13-5)22-28(33)20-19-27(15-10-2)25(7)30(17-12-4)29(16-11-3)24(6)18-21-31(32(34)35)37-23-36-8/h14,21-23,27,32H,8-13,15-20H2,1-7H3/b26-14-,28-22+,29-24-,30-25+,31-21-,37-23-. The van der Waals surface area contributed by atoms with E-state index in [1.54, 1.807) is 6.08 Å². The summed E-state index contributed by atoms with van der Waals surface area (Å²) in [4.78, 5) is 7.20. The molecule has 0 aromatic carbocycles. The maximum atomic E-state index is 14.8. The molecule has 5 heteroatoms. The Labute approximate surface area is 225 Å². The molecule has 0 saturated carbocycles. The van der Waals surface area contributed by atoms with Crippen molar-refractivity contribution in [2.45, 2.75) is 126 Å². The molecule has 0 aliphatic heterocycles. The third kappa shape index (κ3) is 13.8. The van der Waals surface area contributed by atoms with Crippen molar-refractivity contribution in [1.82, 2.24) is 0 Å². The number of hydrogen-bond acceptors (Lipinski definition) is 1. The maximum Gasteiger partial charge on any atom is 0.280 e. The van der Waals surface area contributed by atoms with Gasteiger partial charge < -0.3 is 0 Å². The van der Waals surface area contributed by atoms with E-state index in [0.717, 1.165) is 75.3 Å². The second kappa shape index (κ2) is 20.8. The number of hydrogen-bond donors (Lipinski definition) is 0. The second-order valence-corrected chi connectivity index (χ2v) is 9.64. The summed E-state index contributed by atoms with van der Waals surface area (Å²) in [6.07, 6.45) is 12.9. The highest BCUT2D eigenvalue weighted by Crippen LogP contribution is 2.35. The van der Waals surface area contributed by atoms with Crippen LogP contribution >= 0.6 is 0 Å². The Kier molecular flexibility index (Phi) is 19.6. The first kappa shape index (κ1) is 34.8. The number of allylic oxidation sites excluding steroid dienone is 10. The molecule has 0 aliphatic carbocycles. The van der Waals surface area contributed by atoms with Gasteiger partial charge in [0.1, 0.15) is 17.9 Å². The van der Waals surface area contributed by atoms with Gasteiger partial charge in [0.2, 0.25) is 0 Å². The first-order valence-electron chi connectivity index (χ1n) is 14.1. The van der Waals surface area contributed by atoms with Crippen LogP contribution in [0.4, 0.5) is 13.2 Å². The third-order valence-corrected chi connectivity index (χ3v) is 6.68. The molecular formula is C32H51F3N2. The summed E-state index contributed by atoms with van der Waals surface area (Å²) >= 11 is 0. The predicted octanol–water partition coefficient (Wildman–Crippen LogP) is 11.3. The smallest absolute Gasteiger partial charge is 0.253 e. The van der Waals surface area contributed by atoms with E-state index in [9.17, 15) is 13.2 Å². The molecule has 0 spiro atoms. The summed E-state index contributed by atoms with van der Waals surface area (Å²) in [5.41, 5.74) is 5.77. The topological polar surface area (TPSA) is 24.7 Å². The van der Waals surface area contributed by atoms with Crippen LogP contribution in [0.2, 0.25) is 0 Å². The van der Waals surface area contributed by atoms with Gasteiger partial charge in [0.05, 0.1) is 0 Å². The van der Waals surface area contributed by atoms with Crippen molar-refractivity contribution < 1.29 is 13.2 Å². The first-order valence-corrected chi connectivity index (χ1v) is 14.1. The van der Waals surface area contributed by atoms with Crippen molar-refractivity contribution in [1.29, 1.82) is 0 Å². The lowest BCUT2D eigenvalue weighted by Crippen LogP contribution is -2.08. The first-order chi connectivity index (χ1) is 17.7. The van der Waals surface area contributed by atoms with Gasteiger partial charge in [0, 0.05) is 0 Å². The molecule has 37 heavy (non-hydrogen) atoms. The summed E-state index contributed by atoms with van der Waals surface area (Å²) in [6.45, 7) is 18.1. The molecule has 210 valence electrons. The van der Waals surface area contributed by atoms with Crippen LogP contribution in [0.1, 0.15) is 119 Å². The van der Waals surface area contributed by atoms with Crippen molar-refractivity contribution in [3.05, 3.63) is 57.6 Å². The zero-order valence-electron chi connectivity index (χ0n) is 24.5. The minimum atomic E-state index is -2.66. The number of alkyl halides is 2. The Bertz CT molecular complexity index is 857. The Hall–Kier alpha value is -2.17. The van der Waals surface area contributed by atoms with E-state index in [2.05, 4.69) is 64.3 Å². The van der Waals surface area contributed by atoms with Crippen molar-refractivity contribution >= 4 is 13.1 Å². The predicted molar refractivity (Wildman–Crippen MR) is 157 cm³/mol. The van der Waals surface area contributed by atoms with E-state index in [-0.39, 0.29) is 11.5 Å². The van der Waals surface area contributed by atoms with E-state index in [1.807, 2.05) is 6.92 Å². The highest BCUT2D eigenvalue weighted by atomic mass is 19.3. The van der Waals surface area contributed by atoms with E-state index < -0.39 is 6.43 Å². The van der Waals surface area contributed by atoms with Crippen LogP contribution in [-0.2, 0) is 0 Å². The Morgan fingerprint density at radius 1 is 0.865 bits per heavy atom. The maximum absolute atomic E-state index is 14.8. The molecule has 1 atom stereocenters. The molecule has 0 N–H and O–H groups in total. The van der Waals surface area contributed by atoms with Gasteiger partial charge in [-0.05, 0) is 101 Å². The molecule has 2 nitrogen and oxygen atoms in total. The van der Waals surface area contributed by atoms with Crippen LogP contribution in [0.15, 0.2) is 67.6 Å². The fraction of sp³-hybridized carbons (Fsp3) is 0.625. The van der Waals surface area contributed by atoms with Crippen LogP contribution in [0.25, 0.3) is 0 Å². The Balaban J connectivity index is 6.31. The monoisotopic (exact) mass is 520 g/mol. The van der Waals surface area contributed by atoms with Gasteiger partial charge in [-0.15, -0.1) is 0 Å². The summed E-state index contributed by atoms with van der Waals surface area (Å²) in [5.74, 6) is 0.244. The zero-order valence-corrected chi connectivity index (χ0v) is 24.5. The lowest BCUT2D eigenvalue weighted by molar-refractivity contribution is 0.188. The fourth-order valence-corrected chi connectivity index (χ4v) is 4.72. The molecular weight excluding hydrogens is 469 g/mol. The van der Waals surface area contributed by atoms with Crippen molar-refractivity contribution in [3.8, 4) is 0 Å². The van der Waals surface area contributed by atoms with Gasteiger partial charge >= 0.3 is 0 Å². The van der Waals surface area contributed by atoms with Gasteiger partial charge in [-0.1, -0.05) is 77.2 Å². The van der Waals surface area contributed by atoms with Gasteiger partial charge in [-0.2, -0.15) is 0 Å². The van der Waals surface area contributed by atoms with Crippen molar-refractivity contribution in [2.24, 2.45) is 15.9 Å². The Morgan fingerprint density at radius 2 is 1.51 bits per heavy atom. The summed E-state index contributed by atoms with van der Waals surface area (Å²) < 4.78 is 41.6. The van der Waals surface area contributed by atoms with E-state index in [0.29, 0.717) is 18.8 Å². The van der Waals surface area contributed by atoms with Crippen LogP contribution in [0, 0.1) is 5.92 Å². The van der Waals surface area contributed by atoms with E-state index in [4.69, 9.17) is 0 Å². The van der Waals surface area contributed by atoms with Gasteiger partial charge in [0.15, 0.2) is 0 Å². The van der Waals surface area contributed by atoms with Crippen molar-refractivity contribution in [2.75, 3.05) is 0 Å². The lowest BCUT2D eigenvalue weighted by atomic mass is 9.81. The molecule has 0 fully saturated rings. The number of rotatable bonds is 19. The molecule has 0 rings (SSSR count). The molecule has 0 bridgehead atoms.